The SMILES string of the molecule is CN1CCN([C@@H](CNC(=O)C(=O)Nc2cccc(Cl)c2)c2ccc(N(C)C)cc2)CC1. The van der Waals surface area contributed by atoms with E-state index in [2.05, 4.69) is 56.6 Å². The van der Waals surface area contributed by atoms with Crippen LogP contribution in [0.25, 0.3) is 0 Å². The van der Waals surface area contributed by atoms with Crippen LogP contribution in [0.1, 0.15) is 11.6 Å². The van der Waals surface area contributed by atoms with Gasteiger partial charge in [0.1, 0.15) is 0 Å². The molecule has 1 aliphatic heterocycles. The summed E-state index contributed by atoms with van der Waals surface area (Å²) in [5.41, 5.74) is 2.72. The first-order valence-electron chi connectivity index (χ1n) is 10.4. The van der Waals surface area contributed by atoms with Gasteiger partial charge in [0.25, 0.3) is 0 Å². The van der Waals surface area contributed by atoms with E-state index in [1.54, 1.807) is 24.3 Å². The number of piperazine rings is 1. The zero-order valence-corrected chi connectivity index (χ0v) is 19.0. The van der Waals surface area contributed by atoms with Crippen molar-refractivity contribution in [2.75, 3.05) is 64.1 Å². The Morgan fingerprint density at radius 1 is 1.03 bits per heavy atom. The third-order valence-electron chi connectivity index (χ3n) is 5.52. The average Bonchev–Trinajstić information content (AvgIpc) is 2.75. The molecule has 0 saturated carbocycles. The minimum Gasteiger partial charge on any atom is -0.378 e. The van der Waals surface area contributed by atoms with E-state index in [1.807, 2.05) is 14.1 Å². The van der Waals surface area contributed by atoms with Gasteiger partial charge in [-0.05, 0) is 42.9 Å². The van der Waals surface area contributed by atoms with Crippen molar-refractivity contribution in [1.29, 1.82) is 0 Å². The summed E-state index contributed by atoms with van der Waals surface area (Å²) < 4.78 is 0. The van der Waals surface area contributed by atoms with Crippen LogP contribution in [0.15, 0.2) is 48.5 Å². The van der Waals surface area contributed by atoms with Gasteiger partial charge in [-0.2, -0.15) is 0 Å². The summed E-state index contributed by atoms with van der Waals surface area (Å²) in [7, 11) is 6.12. The van der Waals surface area contributed by atoms with Crippen LogP contribution in [-0.4, -0.2) is 75.5 Å². The topological polar surface area (TPSA) is 67.9 Å². The molecule has 3 rings (SSSR count). The summed E-state index contributed by atoms with van der Waals surface area (Å²) in [5.74, 6) is -1.37. The van der Waals surface area contributed by atoms with Crippen molar-refractivity contribution in [2.45, 2.75) is 6.04 Å². The number of likely N-dealkylation sites (N-methyl/N-ethyl adjacent to an activating group) is 1. The number of hydrogen-bond acceptors (Lipinski definition) is 5. The highest BCUT2D eigenvalue weighted by Crippen LogP contribution is 2.24. The zero-order chi connectivity index (χ0) is 22.4. The molecule has 7 nitrogen and oxygen atoms in total. The lowest BCUT2D eigenvalue weighted by atomic mass is 10.0. The van der Waals surface area contributed by atoms with Crippen LogP contribution >= 0.6 is 11.6 Å². The maximum Gasteiger partial charge on any atom is 0.313 e. The molecule has 0 bridgehead atoms. The first-order valence-corrected chi connectivity index (χ1v) is 10.8. The predicted octanol–water partition coefficient (Wildman–Crippen LogP) is 2.45. The molecule has 1 fully saturated rings. The second-order valence-electron chi connectivity index (χ2n) is 8.02. The highest BCUT2D eigenvalue weighted by Gasteiger charge is 2.25. The third-order valence-corrected chi connectivity index (χ3v) is 5.75. The van der Waals surface area contributed by atoms with Crippen LogP contribution < -0.4 is 15.5 Å². The Bertz CT molecular complexity index is 895. The Balaban J connectivity index is 1.67. The van der Waals surface area contributed by atoms with Gasteiger partial charge in [-0.1, -0.05) is 29.8 Å². The molecule has 1 aliphatic rings. The second kappa shape index (κ2) is 10.6. The van der Waals surface area contributed by atoms with E-state index in [0.717, 1.165) is 37.4 Å². The number of benzene rings is 2. The number of rotatable bonds is 6. The molecule has 1 heterocycles. The van der Waals surface area contributed by atoms with Crippen molar-refractivity contribution < 1.29 is 9.59 Å². The molecule has 166 valence electrons. The predicted molar refractivity (Wildman–Crippen MR) is 126 cm³/mol. The number of anilines is 2. The van der Waals surface area contributed by atoms with Gasteiger partial charge in [-0.25, -0.2) is 0 Å². The maximum atomic E-state index is 12.5. The number of halogens is 1. The van der Waals surface area contributed by atoms with E-state index >= 15 is 0 Å². The third kappa shape index (κ3) is 6.43. The Morgan fingerprint density at radius 2 is 1.71 bits per heavy atom. The van der Waals surface area contributed by atoms with Gasteiger partial charge in [0.2, 0.25) is 0 Å². The van der Waals surface area contributed by atoms with Crippen LogP contribution in [0, 0.1) is 0 Å². The van der Waals surface area contributed by atoms with Crippen LogP contribution in [0.3, 0.4) is 0 Å². The maximum absolute atomic E-state index is 12.5. The fraction of sp³-hybridized carbons (Fsp3) is 0.391. The number of nitrogens with zero attached hydrogens (tertiary/aromatic N) is 3. The highest BCUT2D eigenvalue weighted by atomic mass is 35.5. The molecule has 0 unspecified atom stereocenters. The lowest BCUT2D eigenvalue weighted by Gasteiger charge is -2.38. The molecule has 0 aromatic heterocycles. The molecule has 2 aromatic rings. The van der Waals surface area contributed by atoms with Gasteiger partial charge >= 0.3 is 11.8 Å². The molecule has 2 aromatic carbocycles. The average molecular weight is 444 g/mol. The van der Waals surface area contributed by atoms with E-state index in [1.165, 1.54) is 0 Å². The van der Waals surface area contributed by atoms with Gasteiger partial charge in [0, 0.05) is 63.2 Å². The van der Waals surface area contributed by atoms with Gasteiger partial charge in [0.05, 0.1) is 6.04 Å². The van der Waals surface area contributed by atoms with E-state index in [-0.39, 0.29) is 6.04 Å². The van der Waals surface area contributed by atoms with Crippen LogP contribution in [0.4, 0.5) is 11.4 Å². The van der Waals surface area contributed by atoms with Gasteiger partial charge in [-0.3, -0.25) is 14.5 Å². The number of hydrogen-bond donors (Lipinski definition) is 2. The molecular formula is C23H30ClN5O2. The molecule has 2 N–H and O–H groups in total. The molecule has 1 atom stereocenters. The summed E-state index contributed by atoms with van der Waals surface area (Å²) in [5, 5.41) is 5.90. The summed E-state index contributed by atoms with van der Waals surface area (Å²) in [6.45, 7) is 4.10. The number of carbonyl (C=O) groups excluding carboxylic acids is 2. The Morgan fingerprint density at radius 3 is 2.32 bits per heavy atom. The van der Waals surface area contributed by atoms with Crippen molar-refractivity contribution in [3.63, 3.8) is 0 Å². The fourth-order valence-electron chi connectivity index (χ4n) is 3.61. The Kier molecular flexibility index (Phi) is 7.90. The van der Waals surface area contributed by atoms with E-state index in [0.29, 0.717) is 17.3 Å². The van der Waals surface area contributed by atoms with E-state index < -0.39 is 11.8 Å². The summed E-state index contributed by atoms with van der Waals surface area (Å²) in [6.07, 6.45) is 0. The number of carbonyl (C=O) groups is 2. The normalized spacial score (nSPS) is 15.9. The number of nitrogens with one attached hydrogen (secondary N) is 2. The smallest absolute Gasteiger partial charge is 0.313 e. The molecule has 0 aliphatic carbocycles. The summed E-state index contributed by atoms with van der Waals surface area (Å²) in [4.78, 5) is 31.5. The molecule has 8 heteroatoms. The highest BCUT2D eigenvalue weighted by molar-refractivity contribution is 6.39. The second-order valence-corrected chi connectivity index (χ2v) is 8.45. The summed E-state index contributed by atoms with van der Waals surface area (Å²) in [6, 6.07) is 15.1. The van der Waals surface area contributed by atoms with Crippen molar-refractivity contribution in [2.24, 2.45) is 0 Å². The van der Waals surface area contributed by atoms with Crippen LogP contribution in [-0.2, 0) is 9.59 Å². The molecule has 0 spiro atoms. The lowest BCUT2D eigenvalue weighted by molar-refractivity contribution is -0.136. The Labute approximate surface area is 189 Å². The molecule has 1 saturated heterocycles. The molecule has 2 amide bonds. The van der Waals surface area contributed by atoms with Crippen molar-refractivity contribution in [3.8, 4) is 0 Å². The first-order chi connectivity index (χ1) is 14.8. The van der Waals surface area contributed by atoms with Crippen LogP contribution in [0.5, 0.6) is 0 Å². The minimum absolute atomic E-state index is 0.00664. The fourth-order valence-corrected chi connectivity index (χ4v) is 3.80. The van der Waals surface area contributed by atoms with E-state index in [4.69, 9.17) is 11.6 Å². The largest absolute Gasteiger partial charge is 0.378 e. The zero-order valence-electron chi connectivity index (χ0n) is 18.3. The minimum atomic E-state index is -0.706. The van der Waals surface area contributed by atoms with Gasteiger partial charge < -0.3 is 20.4 Å². The van der Waals surface area contributed by atoms with Crippen molar-refractivity contribution in [1.82, 2.24) is 15.1 Å². The molecule has 31 heavy (non-hydrogen) atoms. The van der Waals surface area contributed by atoms with Gasteiger partial charge in [0.15, 0.2) is 0 Å². The van der Waals surface area contributed by atoms with E-state index in [9.17, 15) is 9.59 Å². The standard InChI is InChI=1S/C23H30ClN5O2/c1-27(2)20-9-7-17(8-10-20)21(29-13-11-28(3)12-14-29)16-25-22(30)23(31)26-19-6-4-5-18(24)15-19/h4-10,15,21H,11-14,16H2,1-3H3,(H,25,30)(H,26,31)/t21-/m0/s1. The molecular weight excluding hydrogens is 414 g/mol. The Hall–Kier alpha value is -2.61. The summed E-state index contributed by atoms with van der Waals surface area (Å²) >= 11 is 5.94. The van der Waals surface area contributed by atoms with Crippen molar-refractivity contribution in [3.05, 3.63) is 59.1 Å². The molecule has 0 radical (unpaired) electrons. The van der Waals surface area contributed by atoms with Gasteiger partial charge in [-0.15, -0.1) is 0 Å². The number of amides is 2. The van der Waals surface area contributed by atoms with Crippen molar-refractivity contribution >= 4 is 34.8 Å². The quantitative estimate of drug-likeness (QED) is 0.671. The van der Waals surface area contributed by atoms with Crippen LogP contribution in [0.2, 0.25) is 5.02 Å². The first kappa shape index (κ1) is 23.1. The lowest BCUT2D eigenvalue weighted by Crippen LogP contribution is -2.49. The monoisotopic (exact) mass is 443 g/mol.